The van der Waals surface area contributed by atoms with E-state index in [9.17, 15) is 14.4 Å². The molecule has 0 aliphatic rings. The Morgan fingerprint density at radius 3 is 2.62 bits per heavy atom. The molecule has 0 atom stereocenters. The molecule has 0 saturated heterocycles. The molecule has 2 amide bonds. The summed E-state index contributed by atoms with van der Waals surface area (Å²) < 4.78 is 4.94. The zero-order valence-corrected chi connectivity index (χ0v) is 12.7. The highest BCUT2D eigenvalue weighted by atomic mass is 32.1. The van der Waals surface area contributed by atoms with E-state index in [0.717, 1.165) is 11.3 Å². The van der Waals surface area contributed by atoms with E-state index in [0.29, 0.717) is 10.6 Å². The smallest absolute Gasteiger partial charge is 0.341 e. The lowest BCUT2D eigenvalue weighted by molar-refractivity contribution is -0.136. The van der Waals surface area contributed by atoms with E-state index in [1.54, 1.807) is 13.0 Å². The molecule has 7 nitrogen and oxygen atoms in total. The predicted octanol–water partition coefficient (Wildman–Crippen LogP) is 2.08. The van der Waals surface area contributed by atoms with Crippen molar-refractivity contribution in [1.29, 1.82) is 0 Å². The average Bonchev–Trinajstić information content (AvgIpc) is 2.81. The number of rotatable bonds is 7. The van der Waals surface area contributed by atoms with Crippen LogP contribution in [0.2, 0.25) is 0 Å². The Hall–Kier alpha value is -2.09. The van der Waals surface area contributed by atoms with E-state index in [1.807, 2.05) is 6.92 Å². The number of ether oxygens (including phenoxy) is 1. The highest BCUT2D eigenvalue weighted by molar-refractivity contribution is 7.16. The Morgan fingerprint density at radius 1 is 1.33 bits per heavy atom. The monoisotopic (exact) mass is 314 g/mol. The van der Waals surface area contributed by atoms with E-state index >= 15 is 0 Å². The molecule has 3 N–H and O–H groups in total. The maximum Gasteiger partial charge on any atom is 0.341 e. The zero-order chi connectivity index (χ0) is 15.8. The fraction of sp³-hybridized carbons (Fsp3) is 0.462. The van der Waals surface area contributed by atoms with Gasteiger partial charge in [-0.05, 0) is 19.4 Å². The lowest BCUT2D eigenvalue weighted by Gasteiger charge is -2.07. The van der Waals surface area contributed by atoms with Gasteiger partial charge in [0.25, 0.3) is 0 Å². The van der Waals surface area contributed by atoms with Crippen LogP contribution in [0, 0.1) is 0 Å². The molecule has 0 bridgehead atoms. The van der Waals surface area contributed by atoms with Crippen LogP contribution in [-0.4, -0.2) is 36.2 Å². The molecule has 1 rings (SSSR count). The molecular weight excluding hydrogens is 296 g/mol. The van der Waals surface area contributed by atoms with Crippen LogP contribution in [0.15, 0.2) is 6.07 Å². The number of aryl methyl sites for hydroxylation is 1. The number of carbonyl (C=O) groups is 3. The first-order valence-electron chi connectivity index (χ1n) is 6.54. The summed E-state index contributed by atoms with van der Waals surface area (Å²) >= 11 is 1.29. The molecule has 1 heterocycles. The van der Waals surface area contributed by atoms with Crippen molar-refractivity contribution < 1.29 is 24.2 Å². The average molecular weight is 314 g/mol. The number of amides is 2. The number of aliphatic carboxylic acids is 1. The molecule has 116 valence electrons. The molecule has 0 aromatic carbocycles. The fourth-order valence-electron chi connectivity index (χ4n) is 1.50. The summed E-state index contributed by atoms with van der Waals surface area (Å²) in [7, 11) is 0. The lowest BCUT2D eigenvalue weighted by Crippen LogP contribution is -2.30. The summed E-state index contributed by atoms with van der Waals surface area (Å²) in [6.07, 6.45) is 0.572. The standard InChI is InChI=1S/C13H18N2O5S/c1-3-8-7-9(12(18)20-4-2)11(21-8)15-13(19)14-6-5-10(16)17/h7H,3-6H2,1-2H3,(H,16,17)(H2,14,15,19). The number of carboxylic acid groups (broad SMARTS) is 1. The number of carboxylic acids is 1. The number of esters is 1. The Kier molecular flexibility index (Phi) is 6.67. The molecule has 1 aromatic rings. The minimum Gasteiger partial charge on any atom is -0.481 e. The van der Waals surface area contributed by atoms with E-state index in [-0.39, 0.29) is 19.6 Å². The number of nitrogens with one attached hydrogen (secondary N) is 2. The minimum atomic E-state index is -0.994. The number of carbonyl (C=O) groups excluding carboxylic acids is 2. The second kappa shape index (κ2) is 8.25. The van der Waals surface area contributed by atoms with Crippen molar-refractivity contribution in [2.75, 3.05) is 18.5 Å². The minimum absolute atomic E-state index is 0.0158. The number of hydrogen-bond acceptors (Lipinski definition) is 5. The third kappa shape index (κ3) is 5.42. The van der Waals surface area contributed by atoms with Gasteiger partial charge in [0.2, 0.25) is 0 Å². The van der Waals surface area contributed by atoms with Gasteiger partial charge in [0, 0.05) is 11.4 Å². The van der Waals surface area contributed by atoms with Crippen molar-refractivity contribution in [3.63, 3.8) is 0 Å². The fourth-order valence-corrected chi connectivity index (χ4v) is 2.48. The van der Waals surface area contributed by atoms with Crippen molar-refractivity contribution in [1.82, 2.24) is 5.32 Å². The number of thiophene rings is 1. The molecule has 1 aromatic heterocycles. The van der Waals surface area contributed by atoms with Crippen LogP contribution >= 0.6 is 11.3 Å². The van der Waals surface area contributed by atoms with Crippen LogP contribution in [0.3, 0.4) is 0 Å². The number of urea groups is 1. The second-order valence-electron chi connectivity index (χ2n) is 4.05. The maximum absolute atomic E-state index is 11.8. The Morgan fingerprint density at radius 2 is 2.05 bits per heavy atom. The SMILES string of the molecule is CCOC(=O)c1cc(CC)sc1NC(=O)NCCC(=O)O. The highest BCUT2D eigenvalue weighted by Gasteiger charge is 2.18. The first-order valence-corrected chi connectivity index (χ1v) is 7.36. The third-order valence-electron chi connectivity index (χ3n) is 2.48. The maximum atomic E-state index is 11.8. The van der Waals surface area contributed by atoms with Crippen molar-refractivity contribution in [3.8, 4) is 0 Å². The molecule has 0 saturated carbocycles. The topological polar surface area (TPSA) is 105 Å². The molecule has 0 spiro atoms. The lowest BCUT2D eigenvalue weighted by atomic mass is 10.2. The second-order valence-corrected chi connectivity index (χ2v) is 5.19. The summed E-state index contributed by atoms with van der Waals surface area (Å²) in [6, 6.07) is 1.14. The first-order chi connectivity index (χ1) is 9.97. The molecule has 0 aliphatic carbocycles. The summed E-state index contributed by atoms with van der Waals surface area (Å²) in [5.74, 6) is -1.49. The molecule has 8 heteroatoms. The molecule has 0 aliphatic heterocycles. The van der Waals surface area contributed by atoms with Crippen molar-refractivity contribution >= 4 is 34.3 Å². The Bertz CT molecular complexity index is 527. The quantitative estimate of drug-likeness (QED) is 0.668. The molecule has 21 heavy (non-hydrogen) atoms. The summed E-state index contributed by atoms with van der Waals surface area (Å²) in [5, 5.41) is 13.9. The summed E-state index contributed by atoms with van der Waals surface area (Å²) in [6.45, 7) is 3.91. The third-order valence-corrected chi connectivity index (χ3v) is 3.67. The van der Waals surface area contributed by atoms with Gasteiger partial charge in [0.05, 0.1) is 18.6 Å². The van der Waals surface area contributed by atoms with Gasteiger partial charge in [-0.2, -0.15) is 0 Å². The van der Waals surface area contributed by atoms with Gasteiger partial charge in [0.1, 0.15) is 5.00 Å². The van der Waals surface area contributed by atoms with Crippen molar-refractivity contribution in [2.24, 2.45) is 0 Å². The van der Waals surface area contributed by atoms with Crippen molar-refractivity contribution in [2.45, 2.75) is 26.7 Å². The van der Waals surface area contributed by atoms with Crippen molar-refractivity contribution in [3.05, 3.63) is 16.5 Å². The predicted molar refractivity (Wildman–Crippen MR) is 78.9 cm³/mol. The van der Waals surface area contributed by atoms with Gasteiger partial charge in [0.15, 0.2) is 0 Å². The largest absolute Gasteiger partial charge is 0.481 e. The normalized spacial score (nSPS) is 10.0. The van der Waals surface area contributed by atoms with Crippen LogP contribution < -0.4 is 10.6 Å². The van der Waals surface area contributed by atoms with Gasteiger partial charge in [-0.1, -0.05) is 6.92 Å². The van der Waals surface area contributed by atoms with Gasteiger partial charge in [-0.25, -0.2) is 9.59 Å². The Balaban J connectivity index is 2.72. The summed E-state index contributed by atoms with van der Waals surface area (Å²) in [5.41, 5.74) is 0.312. The van der Waals surface area contributed by atoms with E-state index < -0.39 is 18.0 Å². The summed E-state index contributed by atoms with van der Waals surface area (Å²) in [4.78, 5) is 34.8. The van der Waals surface area contributed by atoms with Gasteiger partial charge in [-0.15, -0.1) is 11.3 Å². The van der Waals surface area contributed by atoms with Crippen LogP contribution in [0.4, 0.5) is 9.80 Å². The Labute approximate surface area is 126 Å². The van der Waals surface area contributed by atoms with E-state index in [2.05, 4.69) is 10.6 Å². The number of anilines is 1. The molecule has 0 unspecified atom stereocenters. The zero-order valence-electron chi connectivity index (χ0n) is 11.9. The van der Waals surface area contributed by atoms with E-state index in [4.69, 9.17) is 9.84 Å². The van der Waals surface area contributed by atoms with Crippen LogP contribution in [0.1, 0.15) is 35.5 Å². The van der Waals surface area contributed by atoms with Crippen LogP contribution in [0.25, 0.3) is 0 Å². The molecule has 0 fully saturated rings. The van der Waals surface area contributed by atoms with Gasteiger partial charge < -0.3 is 15.2 Å². The van der Waals surface area contributed by atoms with Crippen LogP contribution in [-0.2, 0) is 16.0 Å². The van der Waals surface area contributed by atoms with E-state index in [1.165, 1.54) is 11.3 Å². The molecule has 0 radical (unpaired) electrons. The van der Waals surface area contributed by atoms with Gasteiger partial charge in [-0.3, -0.25) is 10.1 Å². The highest BCUT2D eigenvalue weighted by Crippen LogP contribution is 2.29. The first kappa shape index (κ1) is 17.0. The molecular formula is C13H18N2O5S. The number of hydrogen-bond donors (Lipinski definition) is 3. The van der Waals surface area contributed by atoms with Gasteiger partial charge >= 0.3 is 18.0 Å². The van der Waals surface area contributed by atoms with Crippen LogP contribution in [0.5, 0.6) is 0 Å².